The standard InChI is InChI=1S/C23H18F3N3O5/c1-22(9-8-17(30)27-21(22)34)29-11-14-3-2-13(10-16(14)20(29)33)19(32)28-18(31)12-4-6-15(7-5-12)23(24,25)26/h2-7,10H,8-9,11H2,1H3,(H,27,30,34)(H,28,31,32)/t22-/m0/s1. The Kier molecular flexibility index (Phi) is 5.50. The number of carbonyl (C=O) groups excluding carboxylic acids is 5. The molecular formula is C23H18F3N3O5. The zero-order valence-corrected chi connectivity index (χ0v) is 17.8. The zero-order valence-electron chi connectivity index (χ0n) is 17.8. The van der Waals surface area contributed by atoms with Gasteiger partial charge in [0.15, 0.2) is 0 Å². The van der Waals surface area contributed by atoms with Crippen molar-refractivity contribution in [3.63, 3.8) is 0 Å². The van der Waals surface area contributed by atoms with E-state index in [-0.39, 0.29) is 36.1 Å². The lowest BCUT2D eigenvalue weighted by molar-refractivity contribution is -0.142. The maximum Gasteiger partial charge on any atom is 0.416 e. The number of hydrogen-bond acceptors (Lipinski definition) is 5. The number of halogens is 3. The Morgan fingerprint density at radius 3 is 2.24 bits per heavy atom. The molecule has 0 radical (unpaired) electrons. The summed E-state index contributed by atoms with van der Waals surface area (Å²) in [5, 5.41) is 4.32. The first kappa shape index (κ1) is 23.1. The minimum absolute atomic E-state index is 0.0114. The van der Waals surface area contributed by atoms with Crippen molar-refractivity contribution in [3.8, 4) is 0 Å². The predicted octanol–water partition coefficient (Wildman–Crippen LogP) is 2.43. The molecule has 0 aromatic heterocycles. The molecule has 2 aliphatic rings. The molecule has 2 aromatic rings. The van der Waals surface area contributed by atoms with Crippen LogP contribution in [0, 0.1) is 0 Å². The quantitative estimate of drug-likeness (QED) is 0.665. The number of hydrogen-bond donors (Lipinski definition) is 2. The van der Waals surface area contributed by atoms with E-state index < -0.39 is 46.8 Å². The molecule has 2 aliphatic heterocycles. The number of carbonyl (C=O) groups is 5. The Morgan fingerprint density at radius 2 is 1.62 bits per heavy atom. The van der Waals surface area contributed by atoms with E-state index in [1.54, 1.807) is 6.92 Å². The molecule has 0 unspecified atom stereocenters. The van der Waals surface area contributed by atoms with Crippen molar-refractivity contribution in [2.24, 2.45) is 0 Å². The average molecular weight is 473 g/mol. The van der Waals surface area contributed by atoms with Gasteiger partial charge in [-0.15, -0.1) is 0 Å². The van der Waals surface area contributed by atoms with Gasteiger partial charge < -0.3 is 4.90 Å². The Hall–Kier alpha value is -4.02. The number of benzene rings is 2. The van der Waals surface area contributed by atoms with Crippen molar-refractivity contribution >= 4 is 29.5 Å². The molecule has 2 aromatic carbocycles. The lowest BCUT2D eigenvalue weighted by atomic mass is 9.89. The number of rotatable bonds is 3. The Labute approximate surface area is 191 Å². The highest BCUT2D eigenvalue weighted by atomic mass is 19.4. The fourth-order valence-electron chi connectivity index (χ4n) is 3.95. The van der Waals surface area contributed by atoms with Crippen LogP contribution in [0.4, 0.5) is 13.2 Å². The van der Waals surface area contributed by atoms with Crippen LogP contribution >= 0.6 is 0 Å². The van der Waals surface area contributed by atoms with Crippen LogP contribution in [-0.2, 0) is 22.3 Å². The summed E-state index contributed by atoms with van der Waals surface area (Å²) in [6.07, 6.45) is -4.31. The maximum absolute atomic E-state index is 13.0. The van der Waals surface area contributed by atoms with Crippen LogP contribution in [0.5, 0.6) is 0 Å². The van der Waals surface area contributed by atoms with Gasteiger partial charge in [0.25, 0.3) is 23.6 Å². The molecule has 0 saturated carbocycles. The van der Waals surface area contributed by atoms with Crippen molar-refractivity contribution in [2.75, 3.05) is 0 Å². The molecule has 4 rings (SSSR count). The largest absolute Gasteiger partial charge is 0.416 e. The molecule has 8 nitrogen and oxygen atoms in total. The predicted molar refractivity (Wildman–Crippen MR) is 110 cm³/mol. The first-order valence-electron chi connectivity index (χ1n) is 10.2. The van der Waals surface area contributed by atoms with Crippen LogP contribution < -0.4 is 10.6 Å². The van der Waals surface area contributed by atoms with Gasteiger partial charge in [-0.1, -0.05) is 6.07 Å². The van der Waals surface area contributed by atoms with Crippen molar-refractivity contribution < 1.29 is 37.1 Å². The number of nitrogens with zero attached hydrogens (tertiary/aromatic N) is 1. The monoisotopic (exact) mass is 473 g/mol. The lowest BCUT2D eigenvalue weighted by Crippen LogP contribution is -2.61. The number of fused-ring (bicyclic) bond motifs is 1. The highest BCUT2D eigenvalue weighted by Gasteiger charge is 2.48. The van der Waals surface area contributed by atoms with Crippen LogP contribution in [-0.4, -0.2) is 40.0 Å². The van der Waals surface area contributed by atoms with Crippen molar-refractivity contribution in [1.29, 1.82) is 0 Å². The molecule has 176 valence electrons. The third kappa shape index (κ3) is 4.04. The fourth-order valence-corrected chi connectivity index (χ4v) is 3.95. The molecule has 34 heavy (non-hydrogen) atoms. The second-order valence-electron chi connectivity index (χ2n) is 8.27. The molecule has 1 fully saturated rings. The van der Waals surface area contributed by atoms with E-state index in [0.29, 0.717) is 5.56 Å². The molecule has 2 N–H and O–H groups in total. The molecular weight excluding hydrogens is 455 g/mol. The minimum Gasteiger partial charge on any atom is -0.320 e. The van der Waals surface area contributed by atoms with Gasteiger partial charge in [-0.3, -0.25) is 34.6 Å². The Morgan fingerprint density at radius 1 is 1.00 bits per heavy atom. The summed E-state index contributed by atoms with van der Waals surface area (Å²) in [5.41, 5.74) is -1.56. The second-order valence-corrected chi connectivity index (χ2v) is 8.27. The Balaban J connectivity index is 1.49. The second kappa shape index (κ2) is 8.08. The van der Waals surface area contributed by atoms with Crippen molar-refractivity contribution in [2.45, 2.75) is 38.0 Å². The van der Waals surface area contributed by atoms with Gasteiger partial charge >= 0.3 is 6.18 Å². The highest BCUT2D eigenvalue weighted by molar-refractivity contribution is 6.12. The minimum atomic E-state index is -4.55. The van der Waals surface area contributed by atoms with Crippen LogP contribution in [0.3, 0.4) is 0 Å². The summed E-state index contributed by atoms with van der Waals surface area (Å²) in [5.74, 6) is -3.23. The summed E-state index contributed by atoms with van der Waals surface area (Å²) >= 11 is 0. The average Bonchev–Trinajstić information content (AvgIpc) is 3.12. The van der Waals surface area contributed by atoms with E-state index in [2.05, 4.69) is 10.6 Å². The van der Waals surface area contributed by atoms with E-state index in [1.165, 1.54) is 23.1 Å². The maximum atomic E-state index is 13.0. The molecule has 0 aliphatic carbocycles. The SMILES string of the molecule is C[C@]1(N2Cc3ccc(C(=O)NC(=O)c4ccc(C(F)(F)F)cc4)cc3C2=O)CCC(=O)NC1=O. The lowest BCUT2D eigenvalue weighted by Gasteiger charge is -2.39. The van der Waals surface area contributed by atoms with Crippen molar-refractivity contribution in [3.05, 3.63) is 70.3 Å². The normalized spacial score (nSPS) is 20.1. The van der Waals surface area contributed by atoms with Crippen LogP contribution in [0.2, 0.25) is 0 Å². The van der Waals surface area contributed by atoms with Crippen molar-refractivity contribution in [1.82, 2.24) is 15.5 Å². The third-order valence-corrected chi connectivity index (χ3v) is 6.05. The van der Waals surface area contributed by atoms with Gasteiger partial charge in [0.05, 0.1) is 5.56 Å². The molecule has 0 spiro atoms. The van der Waals surface area contributed by atoms with E-state index in [0.717, 1.165) is 24.3 Å². The number of imide groups is 2. The van der Waals surface area contributed by atoms with Gasteiger partial charge in [-0.2, -0.15) is 13.2 Å². The molecule has 11 heteroatoms. The first-order chi connectivity index (χ1) is 15.9. The third-order valence-electron chi connectivity index (χ3n) is 6.05. The number of alkyl halides is 3. The molecule has 1 atom stereocenters. The van der Waals surface area contributed by atoms with E-state index in [4.69, 9.17) is 0 Å². The molecule has 2 heterocycles. The zero-order chi connectivity index (χ0) is 24.8. The van der Waals surface area contributed by atoms with E-state index >= 15 is 0 Å². The number of amides is 5. The van der Waals surface area contributed by atoms with E-state index in [9.17, 15) is 37.1 Å². The first-order valence-corrected chi connectivity index (χ1v) is 10.2. The molecule has 0 bridgehead atoms. The highest BCUT2D eigenvalue weighted by Crippen LogP contribution is 2.34. The number of nitrogens with one attached hydrogen (secondary N) is 2. The van der Waals surface area contributed by atoms with Crippen LogP contribution in [0.1, 0.15) is 62.0 Å². The van der Waals surface area contributed by atoms with Gasteiger partial charge in [0.1, 0.15) is 5.54 Å². The fraction of sp³-hybridized carbons (Fsp3) is 0.261. The van der Waals surface area contributed by atoms with Gasteiger partial charge in [-0.25, -0.2) is 0 Å². The van der Waals surface area contributed by atoms with Crippen LogP contribution in [0.25, 0.3) is 0 Å². The molecule has 5 amide bonds. The number of piperidine rings is 1. The van der Waals surface area contributed by atoms with Gasteiger partial charge in [0, 0.05) is 29.7 Å². The summed E-state index contributed by atoms with van der Waals surface area (Å²) in [4.78, 5) is 63.1. The smallest absolute Gasteiger partial charge is 0.320 e. The topological polar surface area (TPSA) is 113 Å². The van der Waals surface area contributed by atoms with Gasteiger partial charge in [-0.05, 0) is 55.3 Å². The summed E-state index contributed by atoms with van der Waals surface area (Å²) in [6, 6.07) is 7.60. The summed E-state index contributed by atoms with van der Waals surface area (Å²) in [6.45, 7) is 1.67. The Bertz CT molecular complexity index is 1240. The molecule has 1 saturated heterocycles. The van der Waals surface area contributed by atoms with Gasteiger partial charge in [0.2, 0.25) is 5.91 Å². The summed E-state index contributed by atoms with van der Waals surface area (Å²) in [7, 11) is 0. The summed E-state index contributed by atoms with van der Waals surface area (Å²) < 4.78 is 38.0. The van der Waals surface area contributed by atoms with E-state index in [1.807, 2.05) is 0 Å². The van der Waals surface area contributed by atoms with Crippen LogP contribution in [0.15, 0.2) is 42.5 Å².